The molecule has 1 aliphatic heterocycles. The fourth-order valence-corrected chi connectivity index (χ4v) is 8.81. The minimum atomic E-state index is -1.56. The number of aliphatic hydroxyl groups excluding tert-OH is 5. The Kier molecular flexibility index (Phi) is 41.6. The molecule has 368 valence electrons. The molecule has 0 aliphatic carbocycles. The molecule has 9 heteroatoms. The molecular formula is C53H103NO8. The first-order chi connectivity index (χ1) is 30.3. The van der Waals surface area contributed by atoms with E-state index in [-0.39, 0.29) is 12.5 Å². The Morgan fingerprint density at radius 1 is 0.532 bits per heavy atom. The summed E-state index contributed by atoms with van der Waals surface area (Å²) in [4.78, 5) is 13.0. The number of aliphatic hydroxyl groups is 5. The maximum absolute atomic E-state index is 13.0. The first kappa shape index (κ1) is 58.9. The number of allylic oxidation sites excluding steroid dienone is 1. The summed E-state index contributed by atoms with van der Waals surface area (Å²) >= 11 is 0. The van der Waals surface area contributed by atoms with E-state index in [1.807, 2.05) is 6.08 Å². The van der Waals surface area contributed by atoms with Gasteiger partial charge in [-0.3, -0.25) is 4.79 Å². The molecule has 1 saturated heterocycles. The Balaban J connectivity index is 2.25. The third kappa shape index (κ3) is 33.4. The molecule has 0 aromatic heterocycles. The molecule has 0 radical (unpaired) electrons. The van der Waals surface area contributed by atoms with E-state index in [4.69, 9.17) is 9.47 Å². The second-order valence-corrected chi connectivity index (χ2v) is 19.0. The van der Waals surface area contributed by atoms with Crippen molar-refractivity contribution in [2.45, 2.75) is 307 Å². The molecule has 9 nitrogen and oxygen atoms in total. The summed E-state index contributed by atoms with van der Waals surface area (Å²) in [6.45, 7) is 3.81. The molecule has 0 bridgehead atoms. The van der Waals surface area contributed by atoms with Crippen LogP contribution in [0.15, 0.2) is 12.2 Å². The van der Waals surface area contributed by atoms with Crippen LogP contribution in [0, 0.1) is 0 Å². The molecule has 1 aliphatic rings. The van der Waals surface area contributed by atoms with Crippen molar-refractivity contribution in [1.29, 1.82) is 0 Å². The number of carbonyl (C=O) groups is 1. The van der Waals surface area contributed by atoms with Gasteiger partial charge in [-0.1, -0.05) is 251 Å². The molecule has 1 fully saturated rings. The Morgan fingerprint density at radius 2 is 0.887 bits per heavy atom. The number of unbranched alkanes of at least 4 members (excludes halogenated alkanes) is 36. The van der Waals surface area contributed by atoms with E-state index in [0.29, 0.717) is 6.42 Å². The van der Waals surface area contributed by atoms with E-state index < -0.39 is 49.5 Å². The molecule has 0 aromatic carbocycles. The SMILES string of the molecule is CCCCCCCCCCCCCCCCC/C=C/[C@@H](O)[C@H](CO[C@@H]1O[C@H](CO)[C@H](O)C(O)C1O)NC(=O)CCCCCCCCCCCCCCCCCCCCCCCC. The number of carbonyl (C=O) groups excluding carboxylic acids is 1. The van der Waals surface area contributed by atoms with E-state index in [2.05, 4.69) is 19.2 Å². The van der Waals surface area contributed by atoms with Gasteiger partial charge in [0.25, 0.3) is 0 Å². The lowest BCUT2D eigenvalue weighted by atomic mass is 9.99. The predicted molar refractivity (Wildman–Crippen MR) is 258 cm³/mol. The number of ether oxygens (including phenoxy) is 2. The molecule has 6 N–H and O–H groups in total. The highest BCUT2D eigenvalue weighted by atomic mass is 16.7. The first-order valence-electron chi connectivity index (χ1n) is 26.9. The summed E-state index contributed by atoms with van der Waals surface area (Å²) in [7, 11) is 0. The highest BCUT2D eigenvalue weighted by Gasteiger charge is 2.44. The van der Waals surface area contributed by atoms with E-state index in [1.54, 1.807) is 6.08 Å². The summed E-state index contributed by atoms with van der Waals surface area (Å²) in [5, 5.41) is 54.4. The van der Waals surface area contributed by atoms with Crippen LogP contribution in [0.2, 0.25) is 0 Å². The third-order valence-electron chi connectivity index (χ3n) is 13.1. The summed E-state index contributed by atoms with van der Waals surface area (Å²) in [6.07, 6.45) is 45.5. The van der Waals surface area contributed by atoms with Gasteiger partial charge in [0.2, 0.25) is 5.91 Å². The van der Waals surface area contributed by atoms with Gasteiger partial charge in [0.05, 0.1) is 25.4 Å². The molecule has 1 amide bonds. The highest BCUT2D eigenvalue weighted by Crippen LogP contribution is 2.23. The van der Waals surface area contributed by atoms with E-state index in [1.165, 1.54) is 205 Å². The van der Waals surface area contributed by atoms with Gasteiger partial charge < -0.3 is 40.3 Å². The quantitative estimate of drug-likeness (QED) is 0.0261. The van der Waals surface area contributed by atoms with Crippen molar-refractivity contribution in [3.05, 3.63) is 12.2 Å². The normalized spacial score (nSPS) is 20.3. The first-order valence-corrected chi connectivity index (χ1v) is 26.9. The summed E-state index contributed by atoms with van der Waals surface area (Å²) < 4.78 is 11.3. The van der Waals surface area contributed by atoms with Gasteiger partial charge in [0, 0.05) is 6.42 Å². The van der Waals surface area contributed by atoms with Gasteiger partial charge in [0.1, 0.15) is 24.4 Å². The average Bonchev–Trinajstić information content (AvgIpc) is 3.27. The van der Waals surface area contributed by atoms with E-state index >= 15 is 0 Å². The van der Waals surface area contributed by atoms with Crippen LogP contribution in [0.3, 0.4) is 0 Å². The Morgan fingerprint density at radius 3 is 1.26 bits per heavy atom. The van der Waals surface area contributed by atoms with Gasteiger partial charge in [-0.25, -0.2) is 0 Å². The number of nitrogens with one attached hydrogen (secondary N) is 1. The minimum absolute atomic E-state index is 0.171. The molecule has 62 heavy (non-hydrogen) atoms. The van der Waals surface area contributed by atoms with Crippen LogP contribution in [-0.4, -0.2) is 87.5 Å². The lowest BCUT2D eigenvalue weighted by Gasteiger charge is -2.40. The minimum Gasteiger partial charge on any atom is -0.394 e. The van der Waals surface area contributed by atoms with E-state index in [9.17, 15) is 30.3 Å². The molecule has 0 spiro atoms. The smallest absolute Gasteiger partial charge is 0.220 e. The zero-order valence-electron chi connectivity index (χ0n) is 40.6. The molecule has 2 unspecified atom stereocenters. The average molecular weight is 882 g/mol. The van der Waals surface area contributed by atoms with Crippen LogP contribution in [-0.2, 0) is 14.3 Å². The molecule has 7 atom stereocenters. The van der Waals surface area contributed by atoms with Crippen molar-refractivity contribution in [1.82, 2.24) is 5.32 Å². The number of hydrogen-bond donors (Lipinski definition) is 6. The van der Waals surface area contributed by atoms with Crippen LogP contribution in [0.4, 0.5) is 0 Å². The lowest BCUT2D eigenvalue weighted by Crippen LogP contribution is -2.60. The lowest BCUT2D eigenvalue weighted by molar-refractivity contribution is -0.302. The maximum atomic E-state index is 13.0. The number of hydrogen-bond acceptors (Lipinski definition) is 8. The topological polar surface area (TPSA) is 149 Å². The molecule has 1 heterocycles. The summed E-state index contributed by atoms with van der Waals surface area (Å²) in [5.74, 6) is -0.171. The van der Waals surface area contributed by atoms with Crippen LogP contribution >= 0.6 is 0 Å². The van der Waals surface area contributed by atoms with Crippen molar-refractivity contribution in [3.63, 3.8) is 0 Å². The van der Waals surface area contributed by atoms with Gasteiger partial charge in [-0.15, -0.1) is 0 Å². The van der Waals surface area contributed by atoms with Crippen molar-refractivity contribution >= 4 is 5.91 Å². The van der Waals surface area contributed by atoms with Gasteiger partial charge in [0.15, 0.2) is 6.29 Å². The monoisotopic (exact) mass is 882 g/mol. The fourth-order valence-electron chi connectivity index (χ4n) is 8.81. The van der Waals surface area contributed by atoms with Crippen molar-refractivity contribution in [2.24, 2.45) is 0 Å². The van der Waals surface area contributed by atoms with Gasteiger partial charge in [-0.2, -0.15) is 0 Å². The van der Waals surface area contributed by atoms with Crippen LogP contribution < -0.4 is 5.32 Å². The Bertz CT molecular complexity index is 981. The van der Waals surface area contributed by atoms with Crippen LogP contribution in [0.1, 0.15) is 264 Å². The van der Waals surface area contributed by atoms with Crippen molar-refractivity contribution < 1.29 is 39.8 Å². The van der Waals surface area contributed by atoms with Crippen LogP contribution in [0.5, 0.6) is 0 Å². The maximum Gasteiger partial charge on any atom is 0.220 e. The van der Waals surface area contributed by atoms with Crippen LogP contribution in [0.25, 0.3) is 0 Å². The number of amides is 1. The Labute approximate surface area is 382 Å². The fraction of sp³-hybridized carbons (Fsp3) is 0.943. The third-order valence-corrected chi connectivity index (χ3v) is 13.1. The highest BCUT2D eigenvalue weighted by molar-refractivity contribution is 5.76. The van der Waals surface area contributed by atoms with Crippen molar-refractivity contribution in [2.75, 3.05) is 13.2 Å². The molecule has 0 saturated carbocycles. The molecular weight excluding hydrogens is 779 g/mol. The summed E-state index contributed by atoms with van der Waals surface area (Å²) in [5.41, 5.74) is 0. The summed E-state index contributed by atoms with van der Waals surface area (Å²) in [6, 6.07) is -0.799. The number of rotatable bonds is 46. The Hall–Kier alpha value is -1.07. The predicted octanol–water partition coefficient (Wildman–Crippen LogP) is 12.5. The second kappa shape index (κ2) is 43.8. The largest absolute Gasteiger partial charge is 0.394 e. The standard InChI is InChI=1S/C53H103NO8/c1-3-5-7-9-11-13-15-17-19-21-22-23-24-25-27-29-31-33-35-37-39-41-43-49(57)54-46(45-61-53-52(60)51(59)50(58)48(44-55)62-53)47(56)42-40-38-36-34-32-30-28-26-20-18-16-14-12-10-8-6-4-2/h40,42,46-48,50-53,55-56,58-60H,3-39,41,43-45H2,1-2H3,(H,54,57)/b42-40+/t46-,47+,48+,50-,51?,52?,53+/m0/s1. The van der Waals surface area contributed by atoms with Gasteiger partial charge >= 0.3 is 0 Å². The van der Waals surface area contributed by atoms with Crippen molar-refractivity contribution in [3.8, 4) is 0 Å². The molecule has 1 rings (SSSR count). The molecule has 0 aromatic rings. The van der Waals surface area contributed by atoms with E-state index in [0.717, 1.165) is 38.5 Å². The van der Waals surface area contributed by atoms with Gasteiger partial charge in [-0.05, 0) is 19.3 Å². The second-order valence-electron chi connectivity index (χ2n) is 19.0. The zero-order chi connectivity index (χ0) is 45.1. The zero-order valence-corrected chi connectivity index (χ0v) is 40.6.